The van der Waals surface area contributed by atoms with Crippen LogP contribution in [0.15, 0.2) is 47.4 Å². The molecule has 0 spiro atoms. The molecule has 0 bridgehead atoms. The normalized spacial score (nSPS) is 14.9. The summed E-state index contributed by atoms with van der Waals surface area (Å²) in [5, 5.41) is 8.16. The lowest BCUT2D eigenvalue weighted by molar-refractivity contribution is -0.118. The molecule has 9 heteroatoms. The van der Waals surface area contributed by atoms with E-state index in [0.29, 0.717) is 24.3 Å². The van der Waals surface area contributed by atoms with Gasteiger partial charge in [0.25, 0.3) is 5.91 Å². The number of sulfonamides is 1. The number of primary sulfonamides is 1. The Hall–Kier alpha value is -2.75. The second kappa shape index (κ2) is 11.1. The monoisotopic (exact) mass is 486 g/mol. The number of carbonyl (C=O) groups is 2. The van der Waals surface area contributed by atoms with Crippen molar-refractivity contribution in [3.8, 4) is 0 Å². The molecule has 1 fully saturated rings. The summed E-state index contributed by atoms with van der Waals surface area (Å²) in [5.74, 6) is -0.162. The average molecular weight is 487 g/mol. The molecule has 1 heterocycles. The van der Waals surface area contributed by atoms with E-state index in [1.165, 1.54) is 12.1 Å². The highest BCUT2D eigenvalue weighted by Gasteiger charge is 2.28. The van der Waals surface area contributed by atoms with Crippen molar-refractivity contribution in [2.75, 3.05) is 31.5 Å². The van der Waals surface area contributed by atoms with E-state index in [9.17, 15) is 18.0 Å². The highest BCUT2D eigenvalue weighted by Crippen LogP contribution is 2.24. The summed E-state index contributed by atoms with van der Waals surface area (Å²) in [7, 11) is -3.88. The molecule has 0 unspecified atom stereocenters. The van der Waals surface area contributed by atoms with Gasteiger partial charge in [-0.25, -0.2) is 13.6 Å². The third-order valence-corrected chi connectivity index (χ3v) is 7.28. The van der Waals surface area contributed by atoms with Crippen molar-refractivity contribution in [3.63, 3.8) is 0 Å². The van der Waals surface area contributed by atoms with Gasteiger partial charge in [-0.3, -0.25) is 14.5 Å². The number of piperidine rings is 1. The SMILES string of the molecule is CCCN(CC(=O)Nc1cc(S(N)(=O)=O)cc(C)c1C)C1CCN(C(=O)c2ccccc2)CC1. The lowest BCUT2D eigenvalue weighted by Crippen LogP contribution is -2.49. The van der Waals surface area contributed by atoms with Crippen molar-refractivity contribution in [3.05, 3.63) is 59.2 Å². The summed E-state index contributed by atoms with van der Waals surface area (Å²) in [5.41, 5.74) is 2.69. The molecule has 8 nitrogen and oxygen atoms in total. The number of likely N-dealkylation sites (tertiary alicyclic amines) is 1. The van der Waals surface area contributed by atoms with E-state index in [2.05, 4.69) is 17.1 Å². The molecule has 1 aliphatic heterocycles. The molecule has 3 rings (SSSR count). The Bertz CT molecular complexity index is 1130. The number of nitrogens with two attached hydrogens (primary N) is 1. The van der Waals surface area contributed by atoms with Crippen LogP contribution in [0, 0.1) is 13.8 Å². The number of benzene rings is 2. The van der Waals surface area contributed by atoms with Crippen molar-refractivity contribution in [2.24, 2.45) is 5.14 Å². The summed E-state index contributed by atoms with van der Waals surface area (Å²) < 4.78 is 23.6. The number of nitrogens with one attached hydrogen (secondary N) is 1. The van der Waals surface area contributed by atoms with Crippen molar-refractivity contribution in [2.45, 2.75) is 51.0 Å². The number of anilines is 1. The molecule has 0 aliphatic carbocycles. The summed E-state index contributed by atoms with van der Waals surface area (Å²) in [4.78, 5) is 29.7. The van der Waals surface area contributed by atoms with E-state index in [0.717, 1.165) is 36.9 Å². The first-order valence-corrected chi connectivity index (χ1v) is 13.2. The maximum absolute atomic E-state index is 12.9. The molecule has 0 radical (unpaired) electrons. The van der Waals surface area contributed by atoms with Crippen LogP contribution in [0.1, 0.15) is 47.7 Å². The smallest absolute Gasteiger partial charge is 0.253 e. The van der Waals surface area contributed by atoms with Crippen LogP contribution in [0.3, 0.4) is 0 Å². The minimum atomic E-state index is -3.88. The standard InChI is InChI=1S/C25H34N4O4S/c1-4-12-29(21-10-13-28(14-11-21)25(31)20-8-6-5-7-9-20)17-24(30)27-23-16-22(34(26,32)33)15-18(2)19(23)3/h5-9,15-16,21H,4,10-14,17H2,1-3H3,(H,27,30)(H2,26,32,33). The van der Waals surface area contributed by atoms with E-state index in [1.54, 1.807) is 6.92 Å². The Morgan fingerprint density at radius 1 is 1.12 bits per heavy atom. The van der Waals surface area contributed by atoms with Crippen molar-refractivity contribution < 1.29 is 18.0 Å². The Labute approximate surface area is 202 Å². The fraction of sp³-hybridized carbons (Fsp3) is 0.440. The van der Waals surface area contributed by atoms with Crippen LogP contribution < -0.4 is 10.5 Å². The van der Waals surface area contributed by atoms with E-state index < -0.39 is 10.0 Å². The molecule has 1 aliphatic rings. The van der Waals surface area contributed by atoms with Gasteiger partial charge in [-0.15, -0.1) is 0 Å². The molecule has 0 aromatic heterocycles. The number of carbonyl (C=O) groups excluding carboxylic acids is 2. The van der Waals surface area contributed by atoms with Gasteiger partial charge in [0, 0.05) is 30.4 Å². The topological polar surface area (TPSA) is 113 Å². The Morgan fingerprint density at radius 3 is 2.35 bits per heavy atom. The first-order chi connectivity index (χ1) is 16.1. The maximum atomic E-state index is 12.9. The molecule has 0 atom stereocenters. The minimum absolute atomic E-state index is 0.0215. The van der Waals surface area contributed by atoms with Crippen LogP contribution in [0.4, 0.5) is 5.69 Å². The molecule has 0 saturated carbocycles. The molecule has 34 heavy (non-hydrogen) atoms. The molecular weight excluding hydrogens is 452 g/mol. The quantitative estimate of drug-likeness (QED) is 0.596. The lowest BCUT2D eigenvalue weighted by Gasteiger charge is -2.38. The fourth-order valence-corrected chi connectivity index (χ4v) is 4.99. The number of hydrogen-bond acceptors (Lipinski definition) is 5. The van der Waals surface area contributed by atoms with Crippen LogP contribution in [-0.4, -0.2) is 62.3 Å². The molecule has 184 valence electrons. The average Bonchev–Trinajstić information content (AvgIpc) is 2.81. The van der Waals surface area contributed by atoms with Gasteiger partial charge in [0.2, 0.25) is 15.9 Å². The van der Waals surface area contributed by atoms with Crippen molar-refractivity contribution >= 4 is 27.5 Å². The molecule has 1 saturated heterocycles. The van der Waals surface area contributed by atoms with Crippen LogP contribution in [0.2, 0.25) is 0 Å². The third kappa shape index (κ3) is 6.43. The van der Waals surface area contributed by atoms with Crippen LogP contribution in [-0.2, 0) is 14.8 Å². The third-order valence-electron chi connectivity index (χ3n) is 6.39. The zero-order valence-electron chi connectivity index (χ0n) is 20.1. The number of rotatable bonds is 8. The van der Waals surface area contributed by atoms with Crippen molar-refractivity contribution in [1.29, 1.82) is 0 Å². The zero-order chi connectivity index (χ0) is 24.9. The Morgan fingerprint density at radius 2 is 1.76 bits per heavy atom. The van der Waals surface area contributed by atoms with Gasteiger partial charge in [-0.2, -0.15) is 0 Å². The molecule has 2 amide bonds. The molecule has 2 aromatic rings. The van der Waals surface area contributed by atoms with Crippen LogP contribution in [0.25, 0.3) is 0 Å². The second-order valence-corrected chi connectivity index (χ2v) is 10.4. The Kier molecular flexibility index (Phi) is 8.46. The maximum Gasteiger partial charge on any atom is 0.253 e. The number of hydrogen-bond donors (Lipinski definition) is 2. The molecule has 3 N–H and O–H groups in total. The van der Waals surface area contributed by atoms with Gasteiger partial charge in [0.15, 0.2) is 0 Å². The van der Waals surface area contributed by atoms with E-state index in [-0.39, 0.29) is 29.3 Å². The molecule has 2 aromatic carbocycles. The van der Waals surface area contributed by atoms with E-state index >= 15 is 0 Å². The minimum Gasteiger partial charge on any atom is -0.339 e. The number of nitrogens with zero attached hydrogens (tertiary/aromatic N) is 2. The lowest BCUT2D eigenvalue weighted by atomic mass is 10.0. The van der Waals surface area contributed by atoms with Crippen LogP contribution in [0.5, 0.6) is 0 Å². The summed E-state index contributed by atoms with van der Waals surface area (Å²) >= 11 is 0. The van der Waals surface area contributed by atoms with E-state index in [1.807, 2.05) is 42.2 Å². The predicted octanol–water partition coefficient (Wildman–Crippen LogP) is 2.91. The highest BCUT2D eigenvalue weighted by molar-refractivity contribution is 7.89. The highest BCUT2D eigenvalue weighted by atomic mass is 32.2. The summed E-state index contributed by atoms with van der Waals surface area (Å²) in [6.45, 7) is 7.95. The first kappa shape index (κ1) is 25.9. The summed E-state index contributed by atoms with van der Waals surface area (Å²) in [6, 6.07) is 12.4. The second-order valence-electron chi connectivity index (χ2n) is 8.87. The van der Waals surface area contributed by atoms with E-state index in [4.69, 9.17) is 5.14 Å². The Balaban J connectivity index is 1.64. The number of aryl methyl sites for hydroxylation is 1. The van der Waals surface area contributed by atoms with Gasteiger partial charge in [0.1, 0.15) is 0 Å². The van der Waals surface area contributed by atoms with Crippen LogP contribution >= 0.6 is 0 Å². The fourth-order valence-electron chi connectivity index (χ4n) is 4.37. The first-order valence-electron chi connectivity index (χ1n) is 11.6. The largest absolute Gasteiger partial charge is 0.339 e. The number of amides is 2. The summed E-state index contributed by atoms with van der Waals surface area (Å²) in [6.07, 6.45) is 2.49. The van der Waals surface area contributed by atoms with Gasteiger partial charge >= 0.3 is 0 Å². The van der Waals surface area contributed by atoms with Gasteiger partial charge < -0.3 is 10.2 Å². The molecular formula is C25H34N4O4S. The van der Waals surface area contributed by atoms with Crippen molar-refractivity contribution in [1.82, 2.24) is 9.80 Å². The zero-order valence-corrected chi connectivity index (χ0v) is 20.9. The predicted molar refractivity (Wildman–Crippen MR) is 133 cm³/mol. The van der Waals surface area contributed by atoms with Gasteiger partial charge in [0.05, 0.1) is 11.4 Å². The van der Waals surface area contributed by atoms with Gasteiger partial charge in [-0.1, -0.05) is 25.1 Å². The van der Waals surface area contributed by atoms with Gasteiger partial charge in [-0.05, 0) is 75.0 Å².